The van der Waals surface area contributed by atoms with E-state index >= 15 is 0 Å². The highest BCUT2D eigenvalue weighted by molar-refractivity contribution is 5.94. The molecule has 2 aromatic rings. The van der Waals surface area contributed by atoms with E-state index in [0.29, 0.717) is 41.1 Å². The maximum Gasteiger partial charge on any atom is 0.225 e. The lowest BCUT2D eigenvalue weighted by Gasteiger charge is -2.20. The summed E-state index contributed by atoms with van der Waals surface area (Å²) >= 11 is 0. The largest absolute Gasteiger partial charge is 0.389 e. The standard InChI is InChI=1S/C16H28N8O.ClH/c1-7-9(2)20-13-11-10(21-15(18-6)24-13)12(19-8-16(3,4)25)23-14(17-5)22-11;/h9,25H,7-8H2,1-6H3,(H2,17,19,22,23)(H2,18,20,21,24);1H. The maximum atomic E-state index is 10.0. The van der Waals surface area contributed by atoms with Crippen molar-refractivity contribution in [3.8, 4) is 0 Å². The zero-order valence-corrected chi connectivity index (χ0v) is 17.0. The number of aliphatic hydroxyl groups is 1. The molecule has 10 heteroatoms. The van der Waals surface area contributed by atoms with E-state index in [4.69, 9.17) is 0 Å². The number of halogens is 1. The van der Waals surface area contributed by atoms with E-state index in [1.54, 1.807) is 27.9 Å². The van der Waals surface area contributed by atoms with Crippen LogP contribution in [0.4, 0.5) is 23.5 Å². The number of fused-ring (bicyclic) bond motifs is 1. The van der Waals surface area contributed by atoms with E-state index in [1.807, 2.05) is 0 Å². The molecule has 2 aromatic heterocycles. The Morgan fingerprint density at radius 1 is 0.962 bits per heavy atom. The van der Waals surface area contributed by atoms with Crippen LogP contribution in [-0.4, -0.2) is 57.3 Å². The summed E-state index contributed by atoms with van der Waals surface area (Å²) in [4.78, 5) is 18.0. The summed E-state index contributed by atoms with van der Waals surface area (Å²) in [6.07, 6.45) is 0.953. The van der Waals surface area contributed by atoms with E-state index < -0.39 is 5.60 Å². The Morgan fingerprint density at radius 2 is 1.46 bits per heavy atom. The SMILES string of the molecule is CCC(C)Nc1nc(NC)nc2c(NCC(C)(C)O)nc(NC)nc12.Cl. The highest BCUT2D eigenvalue weighted by Gasteiger charge is 2.19. The van der Waals surface area contributed by atoms with Gasteiger partial charge < -0.3 is 26.4 Å². The summed E-state index contributed by atoms with van der Waals surface area (Å²) in [5, 5.41) is 22.5. The van der Waals surface area contributed by atoms with Gasteiger partial charge in [0.05, 0.1) is 5.60 Å². The van der Waals surface area contributed by atoms with Crippen LogP contribution in [0.5, 0.6) is 0 Å². The first-order valence-corrected chi connectivity index (χ1v) is 8.45. The zero-order chi connectivity index (χ0) is 18.6. The van der Waals surface area contributed by atoms with Crippen molar-refractivity contribution in [2.45, 2.75) is 45.8 Å². The lowest BCUT2D eigenvalue weighted by Crippen LogP contribution is -2.30. The smallest absolute Gasteiger partial charge is 0.225 e. The van der Waals surface area contributed by atoms with Gasteiger partial charge in [-0.25, -0.2) is 9.97 Å². The fourth-order valence-electron chi connectivity index (χ4n) is 2.10. The molecule has 0 aliphatic heterocycles. The molecule has 2 rings (SSSR count). The fraction of sp³-hybridized carbons (Fsp3) is 0.625. The highest BCUT2D eigenvalue weighted by atomic mass is 35.5. The Bertz CT molecular complexity index is 734. The minimum Gasteiger partial charge on any atom is -0.389 e. The molecule has 0 saturated heterocycles. The molecule has 1 unspecified atom stereocenters. The second kappa shape index (κ2) is 9.00. The summed E-state index contributed by atoms with van der Waals surface area (Å²) < 4.78 is 0. The summed E-state index contributed by atoms with van der Waals surface area (Å²) in [6, 6.07) is 0.239. The van der Waals surface area contributed by atoms with Gasteiger partial charge in [-0.05, 0) is 27.2 Å². The van der Waals surface area contributed by atoms with Crippen molar-refractivity contribution in [3.63, 3.8) is 0 Å². The van der Waals surface area contributed by atoms with Gasteiger partial charge in [-0.3, -0.25) is 0 Å². The molecular weight excluding hydrogens is 356 g/mol. The number of hydrogen-bond acceptors (Lipinski definition) is 9. The van der Waals surface area contributed by atoms with Crippen LogP contribution in [0.1, 0.15) is 34.1 Å². The number of rotatable bonds is 8. The molecular formula is C16H29ClN8O. The first kappa shape index (κ1) is 21.9. The minimum absolute atomic E-state index is 0. The third kappa shape index (κ3) is 5.43. The molecule has 2 heterocycles. The van der Waals surface area contributed by atoms with Gasteiger partial charge in [-0.1, -0.05) is 6.92 Å². The average Bonchev–Trinajstić information content (AvgIpc) is 2.58. The topological polar surface area (TPSA) is 120 Å². The van der Waals surface area contributed by atoms with Crippen LogP contribution < -0.4 is 21.3 Å². The first-order valence-electron chi connectivity index (χ1n) is 8.45. The molecule has 9 nitrogen and oxygen atoms in total. The van der Waals surface area contributed by atoms with Gasteiger partial charge in [0, 0.05) is 26.7 Å². The van der Waals surface area contributed by atoms with E-state index in [0.717, 1.165) is 6.42 Å². The van der Waals surface area contributed by atoms with Crippen LogP contribution >= 0.6 is 12.4 Å². The van der Waals surface area contributed by atoms with Gasteiger partial charge in [-0.15, -0.1) is 12.4 Å². The van der Waals surface area contributed by atoms with E-state index in [2.05, 4.69) is 55.1 Å². The Hall–Kier alpha value is -2.13. The third-order valence-electron chi connectivity index (χ3n) is 3.67. The molecule has 0 aliphatic rings. The van der Waals surface area contributed by atoms with Crippen LogP contribution in [0.3, 0.4) is 0 Å². The summed E-state index contributed by atoms with van der Waals surface area (Å²) in [5.74, 6) is 2.13. The summed E-state index contributed by atoms with van der Waals surface area (Å²) in [5.41, 5.74) is 0.332. The Morgan fingerprint density at radius 3 is 1.92 bits per heavy atom. The van der Waals surface area contributed by atoms with Gasteiger partial charge in [0.1, 0.15) is 11.0 Å². The normalized spacial score (nSPS) is 12.3. The van der Waals surface area contributed by atoms with Crippen molar-refractivity contribution in [1.82, 2.24) is 19.9 Å². The second-order valence-corrected chi connectivity index (χ2v) is 6.61. The van der Waals surface area contributed by atoms with E-state index in [9.17, 15) is 5.11 Å². The number of anilines is 4. The Labute approximate surface area is 160 Å². The molecule has 26 heavy (non-hydrogen) atoms. The van der Waals surface area contributed by atoms with Gasteiger partial charge in [0.15, 0.2) is 11.6 Å². The molecule has 146 valence electrons. The number of nitrogens with zero attached hydrogens (tertiary/aromatic N) is 4. The van der Waals surface area contributed by atoms with Crippen molar-refractivity contribution in [1.29, 1.82) is 0 Å². The number of hydrogen-bond donors (Lipinski definition) is 5. The van der Waals surface area contributed by atoms with Crippen molar-refractivity contribution in [3.05, 3.63) is 0 Å². The van der Waals surface area contributed by atoms with Crippen LogP contribution in [0.25, 0.3) is 11.0 Å². The number of nitrogens with one attached hydrogen (secondary N) is 4. The molecule has 0 fully saturated rings. The zero-order valence-electron chi connectivity index (χ0n) is 16.1. The number of aromatic nitrogens is 4. The van der Waals surface area contributed by atoms with Crippen molar-refractivity contribution >= 4 is 47.0 Å². The Balaban J connectivity index is 0.00000338. The molecule has 0 saturated carbocycles. The molecule has 0 aliphatic carbocycles. The average molecular weight is 385 g/mol. The Kier molecular flexibility index (Phi) is 7.58. The molecule has 0 spiro atoms. The van der Waals surface area contributed by atoms with Crippen LogP contribution in [0.15, 0.2) is 0 Å². The van der Waals surface area contributed by atoms with Gasteiger partial charge in [-0.2, -0.15) is 9.97 Å². The quantitative estimate of drug-likeness (QED) is 0.466. The second-order valence-electron chi connectivity index (χ2n) is 6.61. The first-order chi connectivity index (χ1) is 11.8. The van der Waals surface area contributed by atoms with E-state index in [-0.39, 0.29) is 18.4 Å². The van der Waals surface area contributed by atoms with Crippen molar-refractivity contribution in [2.24, 2.45) is 0 Å². The molecule has 0 aromatic carbocycles. The lowest BCUT2D eigenvalue weighted by molar-refractivity contribution is 0.0944. The lowest BCUT2D eigenvalue weighted by atomic mass is 10.1. The summed E-state index contributed by atoms with van der Waals surface area (Å²) in [6.45, 7) is 7.97. The predicted octanol–water partition coefficient (Wildman–Crippen LogP) is 2.32. The predicted molar refractivity (Wildman–Crippen MR) is 110 cm³/mol. The van der Waals surface area contributed by atoms with Crippen LogP contribution in [0.2, 0.25) is 0 Å². The van der Waals surface area contributed by atoms with E-state index in [1.165, 1.54) is 0 Å². The molecule has 1 atom stereocenters. The van der Waals surface area contributed by atoms with Crippen LogP contribution in [0, 0.1) is 0 Å². The monoisotopic (exact) mass is 384 g/mol. The highest BCUT2D eigenvalue weighted by Crippen LogP contribution is 2.27. The third-order valence-corrected chi connectivity index (χ3v) is 3.67. The van der Waals surface area contributed by atoms with Gasteiger partial charge >= 0.3 is 0 Å². The van der Waals surface area contributed by atoms with Gasteiger partial charge in [0.2, 0.25) is 11.9 Å². The molecule has 0 amide bonds. The van der Waals surface area contributed by atoms with Crippen LogP contribution in [-0.2, 0) is 0 Å². The maximum absolute atomic E-state index is 10.0. The summed E-state index contributed by atoms with van der Waals surface area (Å²) in [7, 11) is 3.52. The molecule has 0 bridgehead atoms. The molecule has 5 N–H and O–H groups in total. The van der Waals surface area contributed by atoms with Crippen molar-refractivity contribution in [2.75, 3.05) is 41.9 Å². The van der Waals surface area contributed by atoms with Crippen molar-refractivity contribution < 1.29 is 5.11 Å². The fourth-order valence-corrected chi connectivity index (χ4v) is 2.10. The van der Waals surface area contributed by atoms with Gasteiger partial charge in [0.25, 0.3) is 0 Å². The molecule has 0 radical (unpaired) electrons. The minimum atomic E-state index is -0.881.